The third-order valence-electron chi connectivity index (χ3n) is 23.7. The molecule has 0 saturated carbocycles. The second-order valence-electron chi connectivity index (χ2n) is 33.4. The van der Waals surface area contributed by atoms with Crippen LogP contribution in [0.3, 0.4) is 0 Å². The average Bonchev–Trinajstić information content (AvgIpc) is 0.903. The summed E-state index contributed by atoms with van der Waals surface area (Å²) in [7, 11) is 0. The number of para-hydroxylation sites is 8. The van der Waals surface area contributed by atoms with Crippen LogP contribution < -0.4 is 26.2 Å². The molecule has 23 rings (SSSR count). The van der Waals surface area contributed by atoms with Crippen molar-refractivity contribution in [1.29, 1.82) is 0 Å². The fourth-order valence-corrected chi connectivity index (χ4v) is 18.2. The molecule has 0 atom stereocenters. The monoisotopic (exact) mass is 1510 g/mol. The van der Waals surface area contributed by atoms with Crippen molar-refractivity contribution in [2.75, 3.05) is 9.80 Å². The van der Waals surface area contributed by atoms with Gasteiger partial charge >= 0.3 is 0 Å². The zero-order valence-corrected chi connectivity index (χ0v) is 64.6. The fraction of sp³-hybridized carbons (Fsp3) is 0.111. The lowest BCUT2D eigenvalue weighted by Crippen LogP contribution is -2.61. The highest BCUT2D eigenvalue weighted by Crippen LogP contribution is 2.55. The summed E-state index contributed by atoms with van der Waals surface area (Å²) in [5, 5.41) is 1.80. The van der Waals surface area contributed by atoms with Crippen molar-refractivity contribution in [3.05, 3.63) is 356 Å². The summed E-state index contributed by atoms with van der Waals surface area (Å²) in [5.74, 6) is 0. The Morgan fingerprint density at radius 2 is 0.629 bits per heavy atom. The Kier molecular flexibility index (Phi) is 10.2. The van der Waals surface area contributed by atoms with Gasteiger partial charge in [-0.3, -0.25) is 0 Å². The molecule has 16 aromatic carbocycles. The van der Waals surface area contributed by atoms with Gasteiger partial charge in [0, 0.05) is 99.1 Å². The Morgan fingerprint density at radius 1 is 0.267 bits per heavy atom. The van der Waals surface area contributed by atoms with Gasteiger partial charge in [-0.2, -0.15) is 0 Å². The minimum absolute atomic E-state index is 0.0799. The van der Waals surface area contributed by atoms with Gasteiger partial charge in [0.15, 0.2) is 11.2 Å². The minimum Gasteiger partial charge on any atom is -0.452 e. The lowest BCUT2D eigenvalue weighted by molar-refractivity contribution is 0.590. The first-order valence-corrected chi connectivity index (χ1v) is 38.9. The van der Waals surface area contributed by atoms with Crippen LogP contribution in [0.2, 0.25) is 0 Å². The first-order valence-electron chi connectivity index (χ1n) is 50.9. The molecule has 8 heteroatoms. The molecule has 7 nitrogen and oxygen atoms in total. The van der Waals surface area contributed by atoms with Gasteiger partial charge < -0.3 is 32.5 Å². The van der Waals surface area contributed by atoms with Gasteiger partial charge in [0.25, 0.3) is 6.71 Å². The predicted molar refractivity (Wildman–Crippen MR) is 492 cm³/mol. The van der Waals surface area contributed by atoms with Gasteiger partial charge in [0.05, 0.1) is 99.8 Å². The standard InChI is InChI=1S/C108H83BN6O/c1-106(2,3)68-50-56-94-84(58-68)85-59-69(107(4,5)6)51-57-95(85)111(94)71-52-54-86-98(62-71)114(97-49-29-41-81-80-40-28-48-96(104(80)116-105(81)97)113-92-46-26-20-38-78(92)79-39-21-27-47-93(79)113)100-64-73(112-90-44-24-18-36-76(90)77-37-19-25-45-91(77)112)65-101-102(100)109(86)87-55-53-72(110-88-42-22-16-34-74(88)75-35-17-23-43-89(75)110)63-99(87)115(101)103-82(66-30-12-10-13-31-66)60-70(108(7,8)9)61-83(103)67-32-14-11-15-33-67/h10-65H,1-9H3/i16D,17D,18D,19D,20D,21D,22D,23D,24D,25D,26D,27D,34D,35D,36D,37D,38D,39D,42D,43D,44D,45D,46D,47D. The Bertz CT molecular complexity index is 8920. The van der Waals surface area contributed by atoms with Crippen LogP contribution in [0, 0.1) is 0 Å². The maximum Gasteiger partial charge on any atom is 0.252 e. The van der Waals surface area contributed by atoms with Crippen LogP contribution in [0.1, 0.15) is 112 Å². The molecule has 0 bridgehead atoms. The third-order valence-corrected chi connectivity index (χ3v) is 23.7. The number of nitrogens with zero attached hydrogens (tertiary/aromatic N) is 6. The van der Waals surface area contributed by atoms with Crippen LogP contribution in [0.5, 0.6) is 0 Å². The van der Waals surface area contributed by atoms with Crippen molar-refractivity contribution in [3.63, 3.8) is 0 Å². The molecule has 0 saturated heterocycles. The van der Waals surface area contributed by atoms with Gasteiger partial charge in [-0.1, -0.05) is 280 Å². The van der Waals surface area contributed by atoms with Crippen molar-refractivity contribution in [2.45, 2.75) is 78.6 Å². The zero-order valence-electron chi connectivity index (χ0n) is 88.6. The van der Waals surface area contributed by atoms with E-state index in [0.29, 0.717) is 78.1 Å². The van der Waals surface area contributed by atoms with E-state index in [1.54, 1.807) is 18.2 Å². The SMILES string of the molecule is [2H]c1c([2H])c([2H])c2c(c1[2H])c1c([2H])c([2H])c([2H])c([2H])c1n2-c1ccc2c(c1)N(c1c(-c3ccccc3)cc(C(C)(C)C)cc1-c1ccccc1)c1cc(-n3c4c([2H])c([2H])c([2H])c([2H])c4c4c([2H])c([2H])c([2H])c([2H])c43)cc3c1B2c1ccc(-n2c4ccc(C(C)(C)C)cc4c4cc(C(C)(C)C)ccc42)cc1N3c1cccc2c1oc1c(-n3c4c([2H])c([2H])c([2H])c([2H])c4c4c([2H])c([2H])c([2H])c([2H])c43)cccc12. The molecule has 116 heavy (non-hydrogen) atoms. The van der Waals surface area contributed by atoms with Gasteiger partial charge in [0.1, 0.15) is 0 Å². The molecule has 554 valence electrons. The molecule has 5 aromatic heterocycles. The Balaban J connectivity index is 0.946. The van der Waals surface area contributed by atoms with E-state index in [-0.39, 0.29) is 104 Å². The molecule has 0 aliphatic carbocycles. The zero-order chi connectivity index (χ0) is 98.8. The molecule has 0 amide bonds. The highest BCUT2D eigenvalue weighted by Gasteiger charge is 2.46. The Labute approximate surface area is 708 Å². The fourth-order valence-electron chi connectivity index (χ4n) is 18.2. The van der Waals surface area contributed by atoms with E-state index < -0.39 is 157 Å². The molecular formula is C108H83BN6O. The number of rotatable bonds is 8. The third kappa shape index (κ3) is 9.98. The van der Waals surface area contributed by atoms with Crippen molar-refractivity contribution in [2.24, 2.45) is 0 Å². The molecule has 0 fully saturated rings. The smallest absolute Gasteiger partial charge is 0.252 e. The summed E-state index contributed by atoms with van der Waals surface area (Å²) >= 11 is 0. The summed E-state index contributed by atoms with van der Waals surface area (Å²) in [5.41, 5.74) is 10.9. The van der Waals surface area contributed by atoms with E-state index in [1.807, 2.05) is 109 Å². The average molecular weight is 1520 g/mol. The van der Waals surface area contributed by atoms with Crippen LogP contribution in [0.25, 0.3) is 154 Å². The second-order valence-corrected chi connectivity index (χ2v) is 33.4. The van der Waals surface area contributed by atoms with E-state index in [2.05, 4.69) is 143 Å². The van der Waals surface area contributed by atoms with E-state index in [9.17, 15) is 30.2 Å². The Hall–Kier alpha value is -13.8. The molecule has 0 N–H and O–H groups in total. The summed E-state index contributed by atoms with van der Waals surface area (Å²) in [4.78, 5) is 4.16. The number of benzene rings is 16. The van der Waals surface area contributed by atoms with Crippen LogP contribution in [-0.4, -0.2) is 25.0 Å². The number of furan rings is 1. The van der Waals surface area contributed by atoms with Crippen molar-refractivity contribution < 1.29 is 37.3 Å². The number of aromatic nitrogens is 4. The van der Waals surface area contributed by atoms with E-state index >= 15 is 0 Å². The second kappa shape index (κ2) is 24.8. The normalized spacial score (nSPS) is 16.1. The molecule has 7 heterocycles. The first kappa shape index (κ1) is 47.6. The van der Waals surface area contributed by atoms with Crippen LogP contribution in [0.15, 0.2) is 344 Å². The minimum atomic E-state index is -0.984. The topological polar surface area (TPSA) is 39.3 Å². The highest BCUT2D eigenvalue weighted by molar-refractivity contribution is 7.00. The van der Waals surface area contributed by atoms with Crippen molar-refractivity contribution in [1.82, 2.24) is 18.3 Å². The van der Waals surface area contributed by atoms with E-state index in [4.69, 9.17) is 7.16 Å². The van der Waals surface area contributed by atoms with Gasteiger partial charge in [-0.15, -0.1) is 0 Å². The molecule has 2 aliphatic heterocycles. The van der Waals surface area contributed by atoms with Gasteiger partial charge in [-0.05, 0) is 182 Å². The van der Waals surface area contributed by atoms with Gasteiger partial charge in [-0.25, -0.2) is 0 Å². The maximum atomic E-state index is 10.3. The summed E-state index contributed by atoms with van der Waals surface area (Å²) in [6.07, 6.45) is 0. The molecule has 0 radical (unpaired) electrons. The summed E-state index contributed by atoms with van der Waals surface area (Å²) in [6, 6.07) is 48.9. The van der Waals surface area contributed by atoms with Crippen molar-refractivity contribution in [3.8, 4) is 45.0 Å². The number of hydrogen-bond acceptors (Lipinski definition) is 3. The predicted octanol–water partition coefficient (Wildman–Crippen LogP) is 27.3. The van der Waals surface area contributed by atoms with E-state index in [0.717, 1.165) is 49.6 Å². The lowest BCUT2D eigenvalue weighted by atomic mass is 9.33. The largest absolute Gasteiger partial charge is 0.452 e. The van der Waals surface area contributed by atoms with Crippen LogP contribution in [-0.2, 0) is 16.2 Å². The number of fused-ring (bicyclic) bond motifs is 19. The van der Waals surface area contributed by atoms with Gasteiger partial charge in [0.2, 0.25) is 0 Å². The summed E-state index contributed by atoms with van der Waals surface area (Å²) in [6.45, 7) is 18.4. The molecule has 0 unspecified atom stereocenters. The molecule has 0 spiro atoms. The highest BCUT2D eigenvalue weighted by atomic mass is 16.3. The first-order chi connectivity index (χ1) is 66.4. The molecular weight excluding hydrogens is 1410 g/mol. The van der Waals surface area contributed by atoms with Crippen molar-refractivity contribution >= 4 is 166 Å². The number of anilines is 6. The lowest BCUT2D eigenvalue weighted by Gasteiger charge is -2.45. The van der Waals surface area contributed by atoms with E-state index in [1.165, 1.54) is 13.7 Å². The number of hydrogen-bond donors (Lipinski definition) is 0. The molecule has 21 aromatic rings. The quantitative estimate of drug-likeness (QED) is 0.142. The molecule has 2 aliphatic rings. The van der Waals surface area contributed by atoms with Crippen LogP contribution >= 0.6 is 0 Å². The maximum absolute atomic E-state index is 10.3. The summed E-state index contributed by atoms with van der Waals surface area (Å²) < 4.78 is 245. The Morgan fingerprint density at radius 3 is 1.06 bits per heavy atom. The van der Waals surface area contributed by atoms with Crippen LogP contribution in [0.4, 0.5) is 34.1 Å².